The molecular formula is C15H24N2O2. The zero-order valence-corrected chi connectivity index (χ0v) is 11.6. The topological polar surface area (TPSA) is 58.7 Å². The number of benzene rings is 1. The number of piperidine rings is 1. The molecule has 1 fully saturated rings. The molecule has 1 aromatic rings. The van der Waals surface area contributed by atoms with E-state index in [-0.39, 0.29) is 6.10 Å². The molecule has 0 aromatic heterocycles. The zero-order valence-electron chi connectivity index (χ0n) is 11.6. The Bertz CT molecular complexity index is 387. The number of aliphatic hydroxyl groups excluding tert-OH is 1. The van der Waals surface area contributed by atoms with Crippen LogP contribution in [-0.4, -0.2) is 42.4 Å². The van der Waals surface area contributed by atoms with Gasteiger partial charge in [0.05, 0.1) is 11.8 Å². The van der Waals surface area contributed by atoms with Gasteiger partial charge in [-0.2, -0.15) is 0 Å². The Hall–Kier alpha value is -1.26. The van der Waals surface area contributed by atoms with Gasteiger partial charge in [-0.1, -0.05) is 12.1 Å². The molecule has 1 aliphatic heterocycles. The summed E-state index contributed by atoms with van der Waals surface area (Å²) in [5.74, 6) is 1.23. The number of ether oxygens (including phenoxy) is 1. The van der Waals surface area contributed by atoms with E-state index < -0.39 is 0 Å². The molecule has 4 heteroatoms. The Morgan fingerprint density at radius 1 is 1.37 bits per heavy atom. The van der Waals surface area contributed by atoms with Gasteiger partial charge < -0.3 is 15.6 Å². The van der Waals surface area contributed by atoms with Crippen molar-refractivity contribution in [2.24, 2.45) is 5.92 Å². The average molecular weight is 264 g/mol. The summed E-state index contributed by atoms with van der Waals surface area (Å²) in [6, 6.07) is 7.58. The highest BCUT2D eigenvalue weighted by Crippen LogP contribution is 2.21. The number of anilines is 1. The van der Waals surface area contributed by atoms with Crippen molar-refractivity contribution in [1.82, 2.24) is 4.90 Å². The third-order valence-electron chi connectivity index (χ3n) is 3.90. The minimum absolute atomic E-state index is 0.178. The van der Waals surface area contributed by atoms with Gasteiger partial charge >= 0.3 is 0 Å². The monoisotopic (exact) mass is 264 g/mol. The number of para-hydroxylation sites is 2. The lowest BCUT2D eigenvalue weighted by Gasteiger charge is -2.33. The maximum absolute atomic E-state index is 9.56. The van der Waals surface area contributed by atoms with E-state index in [4.69, 9.17) is 10.5 Å². The number of rotatable bonds is 5. The van der Waals surface area contributed by atoms with E-state index in [0.29, 0.717) is 18.2 Å². The predicted octanol–water partition coefficient (Wildman–Crippen LogP) is 1.74. The van der Waals surface area contributed by atoms with Crippen molar-refractivity contribution in [3.8, 4) is 5.75 Å². The maximum Gasteiger partial charge on any atom is 0.142 e. The molecule has 0 bridgehead atoms. The van der Waals surface area contributed by atoms with E-state index in [9.17, 15) is 5.11 Å². The van der Waals surface area contributed by atoms with E-state index in [2.05, 4.69) is 4.90 Å². The molecule has 0 spiro atoms. The highest BCUT2D eigenvalue weighted by Gasteiger charge is 2.22. The van der Waals surface area contributed by atoms with Crippen LogP contribution in [0.1, 0.15) is 19.8 Å². The lowest BCUT2D eigenvalue weighted by atomic mass is 9.92. The van der Waals surface area contributed by atoms with Crippen molar-refractivity contribution in [3.63, 3.8) is 0 Å². The quantitative estimate of drug-likeness (QED) is 0.795. The zero-order chi connectivity index (χ0) is 13.7. The molecule has 1 aromatic carbocycles. The van der Waals surface area contributed by atoms with Gasteiger partial charge in [0.25, 0.3) is 0 Å². The fourth-order valence-electron chi connectivity index (χ4n) is 2.56. The Morgan fingerprint density at radius 2 is 2.05 bits per heavy atom. The molecule has 0 amide bonds. The van der Waals surface area contributed by atoms with Crippen LogP contribution in [-0.2, 0) is 0 Å². The van der Waals surface area contributed by atoms with Gasteiger partial charge in [-0.25, -0.2) is 0 Å². The summed E-state index contributed by atoms with van der Waals surface area (Å²) in [6.45, 7) is 5.56. The second-order valence-corrected chi connectivity index (χ2v) is 5.31. The third-order valence-corrected chi connectivity index (χ3v) is 3.90. The third kappa shape index (κ3) is 4.11. The first kappa shape index (κ1) is 14.2. The Labute approximate surface area is 115 Å². The van der Waals surface area contributed by atoms with Crippen LogP contribution in [0.4, 0.5) is 5.69 Å². The predicted molar refractivity (Wildman–Crippen MR) is 77.2 cm³/mol. The lowest BCUT2D eigenvalue weighted by molar-refractivity contribution is 0.0672. The number of likely N-dealkylation sites (tertiary alicyclic amines) is 1. The largest absolute Gasteiger partial charge is 0.490 e. The van der Waals surface area contributed by atoms with Crippen molar-refractivity contribution in [2.75, 3.05) is 32.0 Å². The fraction of sp³-hybridized carbons (Fsp3) is 0.600. The van der Waals surface area contributed by atoms with E-state index in [1.165, 1.54) is 0 Å². The van der Waals surface area contributed by atoms with Gasteiger partial charge in [0.2, 0.25) is 0 Å². The second kappa shape index (κ2) is 6.78. The van der Waals surface area contributed by atoms with E-state index in [0.717, 1.165) is 38.2 Å². The van der Waals surface area contributed by atoms with Crippen molar-refractivity contribution < 1.29 is 9.84 Å². The number of hydrogen-bond acceptors (Lipinski definition) is 4. The first-order valence-electron chi connectivity index (χ1n) is 7.04. The number of nitrogen functional groups attached to an aromatic ring is 1. The lowest BCUT2D eigenvalue weighted by Crippen LogP contribution is -2.39. The molecule has 1 saturated heterocycles. The summed E-state index contributed by atoms with van der Waals surface area (Å²) in [5, 5.41) is 9.56. The first-order chi connectivity index (χ1) is 9.16. The molecule has 4 nitrogen and oxygen atoms in total. The molecule has 106 valence electrons. The van der Waals surface area contributed by atoms with E-state index >= 15 is 0 Å². The molecule has 1 aliphatic rings. The SMILES string of the molecule is CC(O)C1CCN(CCOc2ccccc2N)CC1. The number of aliphatic hydroxyl groups is 1. The number of nitrogens with zero attached hydrogens (tertiary/aromatic N) is 1. The molecule has 3 N–H and O–H groups in total. The van der Waals surface area contributed by atoms with E-state index in [1.807, 2.05) is 31.2 Å². The highest BCUT2D eigenvalue weighted by molar-refractivity contribution is 5.51. The Balaban J connectivity index is 1.69. The molecule has 0 radical (unpaired) electrons. The van der Waals surface area contributed by atoms with Crippen LogP contribution < -0.4 is 10.5 Å². The summed E-state index contributed by atoms with van der Waals surface area (Å²) >= 11 is 0. The van der Waals surface area contributed by atoms with Crippen molar-refractivity contribution in [3.05, 3.63) is 24.3 Å². The van der Waals surface area contributed by atoms with Crippen molar-refractivity contribution in [2.45, 2.75) is 25.9 Å². The second-order valence-electron chi connectivity index (χ2n) is 5.31. The standard InChI is InChI=1S/C15H24N2O2/c1-12(18)13-6-8-17(9-7-13)10-11-19-15-5-3-2-4-14(15)16/h2-5,12-13,18H,6-11,16H2,1H3. The molecule has 0 aliphatic carbocycles. The summed E-state index contributed by atoms with van der Waals surface area (Å²) in [6.07, 6.45) is 1.97. The molecule has 1 atom stereocenters. The summed E-state index contributed by atoms with van der Waals surface area (Å²) in [7, 11) is 0. The van der Waals surface area contributed by atoms with Gasteiger partial charge in [0.1, 0.15) is 12.4 Å². The minimum atomic E-state index is -0.178. The molecule has 1 heterocycles. The minimum Gasteiger partial charge on any atom is -0.490 e. The molecule has 2 rings (SSSR count). The van der Waals surface area contributed by atoms with Gasteiger partial charge in [0.15, 0.2) is 0 Å². The van der Waals surface area contributed by atoms with Gasteiger partial charge in [-0.05, 0) is 50.9 Å². The van der Waals surface area contributed by atoms with E-state index in [1.54, 1.807) is 0 Å². The van der Waals surface area contributed by atoms with Crippen LogP contribution >= 0.6 is 0 Å². The Kier molecular flexibility index (Phi) is 5.05. The number of hydrogen-bond donors (Lipinski definition) is 2. The smallest absolute Gasteiger partial charge is 0.142 e. The van der Waals surface area contributed by atoms with Crippen molar-refractivity contribution in [1.29, 1.82) is 0 Å². The normalized spacial score (nSPS) is 19.3. The molecule has 19 heavy (non-hydrogen) atoms. The van der Waals surface area contributed by atoms with Crippen molar-refractivity contribution >= 4 is 5.69 Å². The van der Waals surface area contributed by atoms with Crippen LogP contribution in [0.15, 0.2) is 24.3 Å². The van der Waals surface area contributed by atoms with Crippen LogP contribution in [0.5, 0.6) is 5.75 Å². The maximum atomic E-state index is 9.56. The summed E-state index contributed by atoms with van der Waals surface area (Å²) in [5.41, 5.74) is 6.51. The van der Waals surface area contributed by atoms with Gasteiger partial charge in [-0.15, -0.1) is 0 Å². The highest BCUT2D eigenvalue weighted by atomic mass is 16.5. The molecule has 0 saturated carbocycles. The van der Waals surface area contributed by atoms with Crippen LogP contribution in [0.3, 0.4) is 0 Å². The average Bonchev–Trinajstić information content (AvgIpc) is 2.41. The van der Waals surface area contributed by atoms with Crippen LogP contribution in [0.25, 0.3) is 0 Å². The van der Waals surface area contributed by atoms with Gasteiger partial charge in [-0.3, -0.25) is 4.90 Å². The van der Waals surface area contributed by atoms with Gasteiger partial charge in [0, 0.05) is 6.54 Å². The first-order valence-corrected chi connectivity index (χ1v) is 7.04. The van der Waals surface area contributed by atoms with Crippen LogP contribution in [0.2, 0.25) is 0 Å². The number of nitrogens with two attached hydrogens (primary N) is 1. The summed E-state index contributed by atoms with van der Waals surface area (Å²) in [4.78, 5) is 2.39. The fourth-order valence-corrected chi connectivity index (χ4v) is 2.56. The van der Waals surface area contributed by atoms with Crippen LogP contribution in [0, 0.1) is 5.92 Å². The Morgan fingerprint density at radius 3 is 2.68 bits per heavy atom. The molecular weight excluding hydrogens is 240 g/mol. The molecule has 1 unspecified atom stereocenters. The summed E-state index contributed by atoms with van der Waals surface area (Å²) < 4.78 is 5.70.